The maximum Gasteiger partial charge on any atom is 0.161 e. The third-order valence-electron chi connectivity index (χ3n) is 2.88. The molecule has 0 aliphatic carbocycles. The summed E-state index contributed by atoms with van der Waals surface area (Å²) < 4.78 is 0. The summed E-state index contributed by atoms with van der Waals surface area (Å²) in [6.45, 7) is 4.38. The lowest BCUT2D eigenvalue weighted by Crippen LogP contribution is -2.03. The van der Waals surface area contributed by atoms with Crippen LogP contribution in [-0.4, -0.2) is 5.78 Å². The van der Waals surface area contributed by atoms with E-state index in [1.807, 2.05) is 6.07 Å². The predicted octanol–water partition coefficient (Wildman–Crippen LogP) is 3.45. The highest BCUT2D eigenvalue weighted by molar-refractivity contribution is 7.08. The summed E-state index contributed by atoms with van der Waals surface area (Å²) in [6, 6.07) is 5.46. The number of anilines is 2. The molecule has 3 nitrogen and oxygen atoms in total. The van der Waals surface area contributed by atoms with Crippen LogP contribution in [-0.2, 0) is 6.54 Å². The SMILES string of the molecule is CC(=O)c1cc(NCc2cscc2C)ccc1N. The zero-order chi connectivity index (χ0) is 13.1. The van der Waals surface area contributed by atoms with Gasteiger partial charge in [-0.25, -0.2) is 0 Å². The molecule has 0 fully saturated rings. The van der Waals surface area contributed by atoms with E-state index >= 15 is 0 Å². The summed E-state index contributed by atoms with van der Waals surface area (Å²) in [5.74, 6) is -0.0112. The number of carbonyl (C=O) groups excluding carboxylic acids is 1. The lowest BCUT2D eigenvalue weighted by Gasteiger charge is -2.09. The highest BCUT2D eigenvalue weighted by Gasteiger charge is 2.06. The molecule has 0 amide bonds. The molecule has 0 radical (unpaired) electrons. The third kappa shape index (κ3) is 2.71. The van der Waals surface area contributed by atoms with Crippen LogP contribution in [0.5, 0.6) is 0 Å². The molecule has 94 valence electrons. The Hall–Kier alpha value is -1.81. The van der Waals surface area contributed by atoms with E-state index in [1.165, 1.54) is 18.1 Å². The molecule has 2 rings (SSSR count). The van der Waals surface area contributed by atoms with Crippen molar-refractivity contribution in [3.63, 3.8) is 0 Å². The van der Waals surface area contributed by atoms with Gasteiger partial charge in [-0.2, -0.15) is 11.3 Å². The number of nitrogens with two attached hydrogens (primary N) is 1. The quantitative estimate of drug-likeness (QED) is 0.654. The van der Waals surface area contributed by atoms with E-state index < -0.39 is 0 Å². The molecule has 1 aromatic carbocycles. The molecule has 0 bridgehead atoms. The highest BCUT2D eigenvalue weighted by Crippen LogP contribution is 2.20. The van der Waals surface area contributed by atoms with Gasteiger partial charge in [0.2, 0.25) is 0 Å². The minimum atomic E-state index is -0.0112. The van der Waals surface area contributed by atoms with Crippen molar-refractivity contribution in [2.24, 2.45) is 0 Å². The summed E-state index contributed by atoms with van der Waals surface area (Å²) in [5.41, 5.74) is 10.3. The first-order valence-electron chi connectivity index (χ1n) is 5.74. The maximum atomic E-state index is 11.4. The van der Waals surface area contributed by atoms with Crippen molar-refractivity contribution < 1.29 is 4.79 Å². The number of ketones is 1. The van der Waals surface area contributed by atoms with Gasteiger partial charge in [-0.3, -0.25) is 4.79 Å². The number of hydrogen-bond donors (Lipinski definition) is 2. The van der Waals surface area contributed by atoms with Crippen molar-refractivity contribution in [1.82, 2.24) is 0 Å². The van der Waals surface area contributed by atoms with Crippen LogP contribution in [0.1, 0.15) is 28.4 Å². The van der Waals surface area contributed by atoms with Gasteiger partial charge in [-0.1, -0.05) is 0 Å². The second kappa shape index (κ2) is 5.23. The number of carbonyl (C=O) groups is 1. The van der Waals surface area contributed by atoms with Crippen LogP contribution in [0.2, 0.25) is 0 Å². The first-order valence-corrected chi connectivity index (χ1v) is 6.68. The van der Waals surface area contributed by atoms with Gasteiger partial charge < -0.3 is 11.1 Å². The minimum Gasteiger partial charge on any atom is -0.398 e. The average Bonchev–Trinajstić information content (AvgIpc) is 2.73. The summed E-state index contributed by atoms with van der Waals surface area (Å²) in [7, 11) is 0. The Bertz CT molecular complexity index is 575. The predicted molar refractivity (Wildman–Crippen MR) is 77.2 cm³/mol. The first-order chi connectivity index (χ1) is 8.58. The van der Waals surface area contributed by atoms with E-state index in [4.69, 9.17) is 5.73 Å². The standard InChI is InChI=1S/C14H16N2OS/c1-9-7-18-8-11(9)6-16-12-3-4-14(15)13(5-12)10(2)17/h3-5,7-8,16H,6,15H2,1-2H3. The van der Waals surface area contributed by atoms with E-state index in [-0.39, 0.29) is 5.78 Å². The van der Waals surface area contributed by atoms with E-state index in [1.54, 1.807) is 23.5 Å². The Kier molecular flexibility index (Phi) is 3.67. The number of nitrogens with one attached hydrogen (secondary N) is 1. The lowest BCUT2D eigenvalue weighted by molar-refractivity contribution is 0.101. The molecule has 0 atom stereocenters. The molecule has 0 aliphatic heterocycles. The Morgan fingerprint density at radius 3 is 2.78 bits per heavy atom. The van der Waals surface area contributed by atoms with Gasteiger partial charge in [0.25, 0.3) is 0 Å². The number of benzene rings is 1. The number of nitrogen functional groups attached to an aromatic ring is 1. The molecule has 0 spiro atoms. The molecular formula is C14H16N2OS. The van der Waals surface area contributed by atoms with Crippen molar-refractivity contribution in [2.75, 3.05) is 11.1 Å². The van der Waals surface area contributed by atoms with Gasteiger partial charge in [0.05, 0.1) is 0 Å². The smallest absolute Gasteiger partial charge is 0.161 e. The van der Waals surface area contributed by atoms with Crippen molar-refractivity contribution in [3.8, 4) is 0 Å². The normalized spacial score (nSPS) is 10.3. The average molecular weight is 260 g/mol. The van der Waals surface area contributed by atoms with Crippen LogP contribution in [0.3, 0.4) is 0 Å². The number of hydrogen-bond acceptors (Lipinski definition) is 4. The second-order valence-electron chi connectivity index (χ2n) is 4.29. The van der Waals surface area contributed by atoms with Gasteiger partial charge in [-0.15, -0.1) is 0 Å². The number of aryl methyl sites for hydroxylation is 1. The minimum absolute atomic E-state index is 0.0112. The molecular weight excluding hydrogens is 244 g/mol. The van der Waals surface area contributed by atoms with Crippen LogP contribution < -0.4 is 11.1 Å². The maximum absolute atomic E-state index is 11.4. The van der Waals surface area contributed by atoms with Crippen LogP contribution in [0.25, 0.3) is 0 Å². The van der Waals surface area contributed by atoms with E-state index in [2.05, 4.69) is 23.0 Å². The zero-order valence-corrected chi connectivity index (χ0v) is 11.3. The van der Waals surface area contributed by atoms with Crippen LogP contribution in [0, 0.1) is 6.92 Å². The molecule has 1 aromatic heterocycles. The van der Waals surface area contributed by atoms with E-state index in [0.29, 0.717) is 11.3 Å². The molecule has 1 heterocycles. The molecule has 18 heavy (non-hydrogen) atoms. The fourth-order valence-corrected chi connectivity index (χ4v) is 2.59. The number of thiophene rings is 1. The topological polar surface area (TPSA) is 55.1 Å². The van der Waals surface area contributed by atoms with Crippen LogP contribution in [0.15, 0.2) is 29.0 Å². The summed E-state index contributed by atoms with van der Waals surface area (Å²) in [5, 5.41) is 7.57. The molecule has 0 saturated carbocycles. The Labute approximate surface area is 111 Å². The van der Waals surface area contributed by atoms with Gasteiger partial charge in [0.15, 0.2) is 5.78 Å². The summed E-state index contributed by atoms with van der Waals surface area (Å²) in [4.78, 5) is 11.4. The molecule has 2 aromatic rings. The fourth-order valence-electron chi connectivity index (χ4n) is 1.74. The van der Waals surface area contributed by atoms with E-state index in [9.17, 15) is 4.79 Å². The molecule has 0 unspecified atom stereocenters. The largest absolute Gasteiger partial charge is 0.398 e. The summed E-state index contributed by atoms with van der Waals surface area (Å²) in [6.07, 6.45) is 0. The number of Topliss-reactive ketones (excluding diaryl/α,β-unsaturated/α-hetero) is 1. The lowest BCUT2D eigenvalue weighted by atomic mass is 10.1. The van der Waals surface area contributed by atoms with Crippen molar-refractivity contribution in [3.05, 3.63) is 45.6 Å². The van der Waals surface area contributed by atoms with Crippen LogP contribution in [0.4, 0.5) is 11.4 Å². The zero-order valence-electron chi connectivity index (χ0n) is 10.5. The van der Waals surface area contributed by atoms with E-state index in [0.717, 1.165) is 12.2 Å². The molecule has 0 aliphatic rings. The third-order valence-corrected chi connectivity index (χ3v) is 3.79. The van der Waals surface area contributed by atoms with Crippen molar-refractivity contribution in [1.29, 1.82) is 0 Å². The molecule has 0 saturated heterocycles. The van der Waals surface area contributed by atoms with Gasteiger partial charge in [0, 0.05) is 23.5 Å². The Morgan fingerprint density at radius 1 is 1.39 bits per heavy atom. The first kappa shape index (κ1) is 12.6. The van der Waals surface area contributed by atoms with Gasteiger partial charge in [-0.05, 0) is 53.9 Å². The highest BCUT2D eigenvalue weighted by atomic mass is 32.1. The summed E-state index contributed by atoms with van der Waals surface area (Å²) >= 11 is 1.70. The van der Waals surface area contributed by atoms with Gasteiger partial charge in [0.1, 0.15) is 0 Å². The van der Waals surface area contributed by atoms with Crippen molar-refractivity contribution in [2.45, 2.75) is 20.4 Å². The Morgan fingerprint density at radius 2 is 2.17 bits per heavy atom. The molecule has 4 heteroatoms. The fraction of sp³-hybridized carbons (Fsp3) is 0.214. The Balaban J connectivity index is 2.13. The molecule has 3 N–H and O–H groups in total. The second-order valence-corrected chi connectivity index (χ2v) is 5.04. The monoisotopic (exact) mass is 260 g/mol. The number of rotatable bonds is 4. The van der Waals surface area contributed by atoms with Crippen molar-refractivity contribution >= 4 is 28.5 Å². The van der Waals surface area contributed by atoms with Gasteiger partial charge >= 0.3 is 0 Å². The van der Waals surface area contributed by atoms with Crippen LogP contribution >= 0.6 is 11.3 Å².